The molecule has 0 radical (unpaired) electrons. The minimum atomic E-state index is -3.86. The standard InChI is InChI=1S/C11H16N2O4S3/c1-4-13-9-5-7(2)19(14,15)11-8(9)6-10(18-11)20(16,17)12-3/h6-7,9,13H,3-5H2,1-2H3/t7-,9-/m0/s1. The van der Waals surface area contributed by atoms with E-state index in [0.29, 0.717) is 18.5 Å². The van der Waals surface area contributed by atoms with E-state index in [4.69, 9.17) is 0 Å². The predicted molar refractivity (Wildman–Crippen MR) is 78.7 cm³/mol. The Balaban J connectivity index is 2.66. The third kappa shape index (κ3) is 2.43. The SMILES string of the molecule is C=NS(=O)(=O)c1cc2c(s1)S(=O)(=O)[C@@H](C)C[C@@H]2NCC. The van der Waals surface area contributed by atoms with Crippen LogP contribution in [0.1, 0.15) is 31.9 Å². The first kappa shape index (κ1) is 15.6. The number of sulfone groups is 1. The Morgan fingerprint density at radius 2 is 2.20 bits per heavy atom. The molecule has 2 atom stereocenters. The third-order valence-electron chi connectivity index (χ3n) is 3.31. The van der Waals surface area contributed by atoms with Crippen molar-refractivity contribution >= 4 is 37.9 Å². The van der Waals surface area contributed by atoms with Crippen molar-refractivity contribution in [1.82, 2.24) is 5.32 Å². The number of thiophene rings is 1. The van der Waals surface area contributed by atoms with E-state index in [1.54, 1.807) is 6.92 Å². The van der Waals surface area contributed by atoms with Gasteiger partial charge in [0.15, 0.2) is 9.84 Å². The fraction of sp³-hybridized carbons (Fsp3) is 0.545. The minimum Gasteiger partial charge on any atom is -0.310 e. The summed E-state index contributed by atoms with van der Waals surface area (Å²) >= 11 is 0.757. The highest BCUT2D eigenvalue weighted by Crippen LogP contribution is 2.42. The van der Waals surface area contributed by atoms with Gasteiger partial charge in [0.25, 0.3) is 10.0 Å². The summed E-state index contributed by atoms with van der Waals surface area (Å²) in [6.45, 7) is 7.26. The smallest absolute Gasteiger partial charge is 0.291 e. The molecule has 0 fully saturated rings. The first-order valence-corrected chi connectivity index (χ1v) is 9.88. The van der Waals surface area contributed by atoms with Crippen LogP contribution in [0.25, 0.3) is 0 Å². The second-order valence-corrected chi connectivity index (χ2v) is 10.1. The largest absolute Gasteiger partial charge is 0.310 e. The quantitative estimate of drug-likeness (QED) is 0.838. The van der Waals surface area contributed by atoms with E-state index >= 15 is 0 Å². The van der Waals surface area contributed by atoms with Crippen LogP contribution < -0.4 is 5.32 Å². The number of sulfonamides is 1. The summed E-state index contributed by atoms with van der Waals surface area (Å²) in [5.74, 6) is 0. The second kappa shape index (κ2) is 5.21. The molecular formula is C11H16N2O4S3. The Morgan fingerprint density at radius 3 is 2.75 bits per heavy atom. The Hall–Kier alpha value is -0.770. The zero-order valence-electron chi connectivity index (χ0n) is 11.2. The van der Waals surface area contributed by atoms with Crippen molar-refractivity contribution < 1.29 is 16.8 Å². The predicted octanol–water partition coefficient (Wildman–Crippen LogP) is 1.35. The van der Waals surface area contributed by atoms with E-state index in [1.165, 1.54) is 6.07 Å². The third-order valence-corrected chi connectivity index (χ3v) is 8.85. The van der Waals surface area contributed by atoms with Gasteiger partial charge in [-0.15, -0.1) is 11.3 Å². The summed E-state index contributed by atoms with van der Waals surface area (Å²) < 4.78 is 51.3. The summed E-state index contributed by atoms with van der Waals surface area (Å²) in [6.07, 6.45) is 0.431. The average Bonchev–Trinajstić information content (AvgIpc) is 2.83. The van der Waals surface area contributed by atoms with Crippen LogP contribution >= 0.6 is 11.3 Å². The Labute approximate surface area is 122 Å². The van der Waals surface area contributed by atoms with Crippen molar-refractivity contribution in [2.24, 2.45) is 4.40 Å². The van der Waals surface area contributed by atoms with Gasteiger partial charge in [-0.3, -0.25) is 0 Å². The van der Waals surface area contributed by atoms with Crippen molar-refractivity contribution in [3.63, 3.8) is 0 Å². The topological polar surface area (TPSA) is 92.7 Å². The molecule has 0 amide bonds. The Morgan fingerprint density at radius 1 is 1.55 bits per heavy atom. The van der Waals surface area contributed by atoms with E-state index in [2.05, 4.69) is 16.4 Å². The van der Waals surface area contributed by atoms with Gasteiger partial charge in [-0.1, -0.05) is 6.92 Å². The van der Waals surface area contributed by atoms with Gasteiger partial charge >= 0.3 is 0 Å². The van der Waals surface area contributed by atoms with Gasteiger partial charge in [-0.25, -0.2) is 8.42 Å². The molecule has 0 unspecified atom stereocenters. The number of nitrogens with zero attached hydrogens (tertiary/aromatic N) is 1. The van der Waals surface area contributed by atoms with Crippen molar-refractivity contribution in [2.45, 2.75) is 40.0 Å². The molecule has 2 rings (SSSR count). The number of hydrogen-bond donors (Lipinski definition) is 1. The van der Waals surface area contributed by atoms with Gasteiger partial charge in [0.05, 0.1) is 5.25 Å². The summed E-state index contributed by atoms with van der Waals surface area (Å²) in [6, 6.07) is 1.25. The first-order valence-electron chi connectivity index (χ1n) is 6.08. The fourth-order valence-electron chi connectivity index (χ4n) is 2.23. The molecule has 2 heterocycles. The molecule has 112 valence electrons. The molecule has 9 heteroatoms. The van der Waals surface area contributed by atoms with Crippen molar-refractivity contribution in [1.29, 1.82) is 0 Å². The normalized spacial score (nSPS) is 25.1. The molecule has 0 spiro atoms. The van der Waals surface area contributed by atoms with Crippen LogP contribution in [0.4, 0.5) is 0 Å². The van der Waals surface area contributed by atoms with Crippen LogP contribution in [0, 0.1) is 0 Å². The van der Waals surface area contributed by atoms with Gasteiger partial charge in [-0.2, -0.15) is 12.8 Å². The highest BCUT2D eigenvalue weighted by atomic mass is 32.3. The van der Waals surface area contributed by atoms with Gasteiger partial charge in [-0.05, 0) is 26.0 Å². The second-order valence-electron chi connectivity index (χ2n) is 4.61. The lowest BCUT2D eigenvalue weighted by atomic mass is 10.1. The molecule has 1 aromatic rings. The zero-order chi connectivity index (χ0) is 15.1. The Kier molecular flexibility index (Phi) is 4.07. The summed E-state index contributed by atoms with van der Waals surface area (Å²) in [4.78, 5) is 0. The van der Waals surface area contributed by atoms with E-state index in [0.717, 1.165) is 11.3 Å². The van der Waals surface area contributed by atoms with E-state index in [1.807, 2.05) is 6.92 Å². The van der Waals surface area contributed by atoms with Gasteiger partial charge in [0.2, 0.25) is 0 Å². The highest BCUT2D eigenvalue weighted by Gasteiger charge is 2.39. The lowest BCUT2D eigenvalue weighted by molar-refractivity contribution is 0.477. The molecule has 0 bridgehead atoms. The number of hydrogen-bond acceptors (Lipinski definition) is 6. The van der Waals surface area contributed by atoms with E-state index in [9.17, 15) is 16.8 Å². The molecule has 0 aromatic carbocycles. The van der Waals surface area contributed by atoms with Gasteiger partial charge < -0.3 is 5.32 Å². The maximum Gasteiger partial charge on any atom is 0.291 e. The van der Waals surface area contributed by atoms with Crippen molar-refractivity contribution in [3.8, 4) is 0 Å². The van der Waals surface area contributed by atoms with E-state index in [-0.39, 0.29) is 14.5 Å². The maximum absolute atomic E-state index is 12.3. The number of rotatable bonds is 4. The van der Waals surface area contributed by atoms with Gasteiger partial charge in [0.1, 0.15) is 8.42 Å². The minimum absolute atomic E-state index is 0.0712. The maximum atomic E-state index is 12.3. The number of nitrogens with one attached hydrogen (secondary N) is 1. The van der Waals surface area contributed by atoms with E-state index < -0.39 is 25.1 Å². The van der Waals surface area contributed by atoms with Crippen LogP contribution in [0.5, 0.6) is 0 Å². The summed E-state index contributed by atoms with van der Waals surface area (Å²) in [5, 5.41) is 2.66. The van der Waals surface area contributed by atoms with Crippen molar-refractivity contribution in [2.75, 3.05) is 6.54 Å². The highest BCUT2D eigenvalue weighted by molar-refractivity contribution is 7.96. The molecule has 1 aliphatic heterocycles. The Bertz CT molecular complexity index is 734. The molecule has 1 aliphatic rings. The van der Waals surface area contributed by atoms with Crippen molar-refractivity contribution in [3.05, 3.63) is 11.6 Å². The molecule has 1 aromatic heterocycles. The fourth-order valence-corrected chi connectivity index (χ4v) is 6.88. The lowest BCUT2D eigenvalue weighted by Gasteiger charge is -2.27. The van der Waals surface area contributed by atoms with Crippen LogP contribution in [0.15, 0.2) is 18.9 Å². The van der Waals surface area contributed by atoms with Crippen LogP contribution in [-0.4, -0.2) is 35.3 Å². The molecule has 0 saturated carbocycles. The van der Waals surface area contributed by atoms with Crippen LogP contribution in [0.2, 0.25) is 0 Å². The average molecular weight is 336 g/mol. The molecule has 0 saturated heterocycles. The zero-order valence-corrected chi connectivity index (χ0v) is 13.6. The lowest BCUT2D eigenvalue weighted by Crippen LogP contribution is -2.33. The summed E-state index contributed by atoms with van der Waals surface area (Å²) in [5.41, 5.74) is 0.525. The molecule has 20 heavy (non-hydrogen) atoms. The van der Waals surface area contributed by atoms with Gasteiger partial charge in [0, 0.05) is 18.3 Å². The molecule has 0 aliphatic carbocycles. The first-order chi connectivity index (χ1) is 9.24. The number of fused-ring (bicyclic) bond motifs is 1. The molecule has 1 N–H and O–H groups in total. The van der Waals surface area contributed by atoms with Crippen LogP contribution in [-0.2, 0) is 19.9 Å². The monoisotopic (exact) mass is 336 g/mol. The molecular weight excluding hydrogens is 320 g/mol. The van der Waals surface area contributed by atoms with Crippen LogP contribution in [0.3, 0.4) is 0 Å². The summed E-state index contributed by atoms with van der Waals surface area (Å²) in [7, 11) is -7.33. The molecule has 6 nitrogen and oxygen atoms in total.